The van der Waals surface area contributed by atoms with E-state index in [9.17, 15) is 18.0 Å². The van der Waals surface area contributed by atoms with Crippen molar-refractivity contribution in [3.8, 4) is 0 Å². The standard InChI is InChI=1S/C32H41N3O4S/c1-22-13-15-29(16-14-22)40(38,39)35(28-18-23(2)17-24(3)19-28)21-30(36)34(20-27-12-10-9-11-25(27)4)26(5)31(37)33-32(6,7)8/h9-19,26H,20-21H2,1-8H3,(H,33,37). The number of anilines is 1. The molecule has 0 aliphatic carbocycles. The highest BCUT2D eigenvalue weighted by Gasteiger charge is 2.33. The maximum atomic E-state index is 14.1. The van der Waals surface area contributed by atoms with Gasteiger partial charge in [0.1, 0.15) is 12.6 Å². The summed E-state index contributed by atoms with van der Waals surface area (Å²) >= 11 is 0. The van der Waals surface area contributed by atoms with Crippen LogP contribution in [0, 0.1) is 27.7 Å². The molecule has 0 aliphatic heterocycles. The number of aryl methyl sites for hydroxylation is 4. The molecule has 0 aromatic heterocycles. The largest absolute Gasteiger partial charge is 0.350 e. The number of benzene rings is 3. The van der Waals surface area contributed by atoms with E-state index in [1.807, 2.05) is 78.8 Å². The first-order valence-corrected chi connectivity index (χ1v) is 14.9. The third-order valence-corrected chi connectivity index (χ3v) is 8.44. The van der Waals surface area contributed by atoms with E-state index < -0.39 is 34.1 Å². The molecule has 0 fully saturated rings. The third kappa shape index (κ3) is 7.72. The molecule has 2 amide bonds. The second kappa shape index (κ2) is 12.3. The van der Waals surface area contributed by atoms with Gasteiger partial charge in [0.15, 0.2) is 0 Å². The molecule has 0 saturated carbocycles. The Bertz CT molecular complexity index is 1450. The Morgan fingerprint density at radius 1 is 0.850 bits per heavy atom. The second-order valence-electron chi connectivity index (χ2n) is 11.5. The van der Waals surface area contributed by atoms with Crippen LogP contribution in [0.5, 0.6) is 0 Å². The van der Waals surface area contributed by atoms with Crippen LogP contribution in [0.1, 0.15) is 55.5 Å². The molecule has 0 spiro atoms. The number of sulfonamides is 1. The molecule has 1 atom stereocenters. The number of nitrogens with one attached hydrogen (secondary N) is 1. The molecule has 3 aromatic carbocycles. The Morgan fingerprint density at radius 2 is 1.43 bits per heavy atom. The molecule has 1 unspecified atom stereocenters. The monoisotopic (exact) mass is 563 g/mol. The molecule has 1 N–H and O–H groups in total. The third-order valence-electron chi connectivity index (χ3n) is 6.65. The number of carbonyl (C=O) groups is 2. The summed E-state index contributed by atoms with van der Waals surface area (Å²) in [4.78, 5) is 28.9. The maximum Gasteiger partial charge on any atom is 0.264 e. The number of nitrogens with zero attached hydrogens (tertiary/aromatic N) is 2. The van der Waals surface area contributed by atoms with Crippen LogP contribution < -0.4 is 9.62 Å². The van der Waals surface area contributed by atoms with Crippen molar-refractivity contribution in [1.29, 1.82) is 0 Å². The zero-order chi connectivity index (χ0) is 29.8. The van der Waals surface area contributed by atoms with Crippen molar-refractivity contribution in [2.24, 2.45) is 0 Å². The van der Waals surface area contributed by atoms with E-state index >= 15 is 0 Å². The van der Waals surface area contributed by atoms with Crippen LogP contribution in [0.25, 0.3) is 0 Å². The molecule has 40 heavy (non-hydrogen) atoms. The summed E-state index contributed by atoms with van der Waals surface area (Å²) in [6.07, 6.45) is 0. The van der Waals surface area contributed by atoms with Crippen LogP contribution in [0.3, 0.4) is 0 Å². The lowest BCUT2D eigenvalue weighted by Crippen LogP contribution is -2.54. The first kappa shape index (κ1) is 30.9. The lowest BCUT2D eigenvalue weighted by atomic mass is 10.1. The average Bonchev–Trinajstić information content (AvgIpc) is 2.84. The molecule has 8 heteroatoms. The highest BCUT2D eigenvalue weighted by molar-refractivity contribution is 7.92. The molecule has 3 rings (SSSR count). The van der Waals surface area contributed by atoms with Gasteiger partial charge in [0.05, 0.1) is 10.6 Å². The summed E-state index contributed by atoms with van der Waals surface area (Å²) in [6, 6.07) is 18.9. The Balaban J connectivity index is 2.08. The number of hydrogen-bond donors (Lipinski definition) is 1. The molecule has 0 heterocycles. The van der Waals surface area contributed by atoms with Gasteiger partial charge in [-0.25, -0.2) is 8.42 Å². The van der Waals surface area contributed by atoms with Gasteiger partial charge < -0.3 is 10.2 Å². The number of hydrogen-bond acceptors (Lipinski definition) is 4. The minimum absolute atomic E-state index is 0.0917. The minimum atomic E-state index is -4.10. The lowest BCUT2D eigenvalue weighted by Gasteiger charge is -2.34. The van der Waals surface area contributed by atoms with E-state index in [0.29, 0.717) is 5.69 Å². The van der Waals surface area contributed by atoms with E-state index in [2.05, 4.69) is 5.32 Å². The van der Waals surface area contributed by atoms with Gasteiger partial charge in [-0.2, -0.15) is 0 Å². The van der Waals surface area contributed by atoms with E-state index in [1.54, 1.807) is 43.3 Å². The minimum Gasteiger partial charge on any atom is -0.350 e. The predicted octanol–water partition coefficient (Wildman–Crippen LogP) is 5.45. The fourth-order valence-corrected chi connectivity index (χ4v) is 5.89. The molecule has 3 aromatic rings. The number of rotatable bonds is 9. The highest BCUT2D eigenvalue weighted by Crippen LogP contribution is 2.27. The molecule has 0 aliphatic rings. The topological polar surface area (TPSA) is 86.8 Å². The Morgan fingerprint density at radius 3 is 1.98 bits per heavy atom. The summed E-state index contributed by atoms with van der Waals surface area (Å²) in [5, 5.41) is 2.95. The summed E-state index contributed by atoms with van der Waals surface area (Å²) in [5.74, 6) is -0.788. The zero-order valence-corrected chi connectivity index (χ0v) is 25.6. The fourth-order valence-electron chi connectivity index (χ4n) is 4.49. The Hall–Kier alpha value is -3.65. The fraction of sp³-hybridized carbons (Fsp3) is 0.375. The van der Waals surface area contributed by atoms with E-state index in [1.165, 1.54) is 4.90 Å². The lowest BCUT2D eigenvalue weighted by molar-refractivity contribution is -0.140. The van der Waals surface area contributed by atoms with Gasteiger partial charge >= 0.3 is 0 Å². The average molecular weight is 564 g/mol. The van der Waals surface area contributed by atoms with Gasteiger partial charge in [-0.15, -0.1) is 0 Å². The molecular formula is C32H41N3O4S. The Kier molecular flexibility index (Phi) is 9.46. The first-order valence-electron chi connectivity index (χ1n) is 13.4. The van der Waals surface area contributed by atoms with Gasteiger partial charge in [-0.1, -0.05) is 48.0 Å². The van der Waals surface area contributed by atoms with E-state index in [-0.39, 0.29) is 17.3 Å². The van der Waals surface area contributed by atoms with Crippen molar-refractivity contribution in [2.45, 2.75) is 78.4 Å². The molecule has 0 bridgehead atoms. The molecule has 7 nitrogen and oxygen atoms in total. The van der Waals surface area contributed by atoms with Crippen molar-refractivity contribution in [3.05, 3.63) is 94.5 Å². The molecule has 0 saturated heterocycles. The van der Waals surface area contributed by atoms with Crippen LogP contribution in [-0.2, 0) is 26.2 Å². The van der Waals surface area contributed by atoms with Gasteiger partial charge in [0.2, 0.25) is 11.8 Å². The quantitative estimate of drug-likeness (QED) is 0.375. The van der Waals surface area contributed by atoms with Crippen LogP contribution in [0.4, 0.5) is 5.69 Å². The smallest absolute Gasteiger partial charge is 0.264 e. The van der Waals surface area contributed by atoms with E-state index in [4.69, 9.17) is 0 Å². The van der Waals surface area contributed by atoms with Crippen LogP contribution in [0.2, 0.25) is 0 Å². The normalized spacial score (nSPS) is 12.5. The number of carbonyl (C=O) groups excluding carboxylic acids is 2. The number of amides is 2. The molecule has 214 valence electrons. The second-order valence-corrected chi connectivity index (χ2v) is 13.4. The SMILES string of the molecule is Cc1ccc(S(=O)(=O)N(CC(=O)N(Cc2ccccc2C)C(C)C(=O)NC(C)(C)C)c2cc(C)cc(C)c2)cc1. The van der Waals surface area contributed by atoms with Crippen molar-refractivity contribution in [1.82, 2.24) is 10.2 Å². The van der Waals surface area contributed by atoms with Gasteiger partial charge in [0.25, 0.3) is 10.0 Å². The van der Waals surface area contributed by atoms with Crippen molar-refractivity contribution < 1.29 is 18.0 Å². The maximum absolute atomic E-state index is 14.1. The summed E-state index contributed by atoms with van der Waals surface area (Å²) in [5.41, 5.74) is 4.43. The molecule has 0 radical (unpaired) electrons. The summed E-state index contributed by atoms with van der Waals surface area (Å²) < 4.78 is 29.2. The summed E-state index contributed by atoms with van der Waals surface area (Å²) in [7, 11) is -4.10. The first-order chi connectivity index (χ1) is 18.6. The summed E-state index contributed by atoms with van der Waals surface area (Å²) in [6.45, 7) is 14.6. The predicted molar refractivity (Wildman–Crippen MR) is 161 cm³/mol. The van der Waals surface area contributed by atoms with Gasteiger partial charge in [-0.05, 0) is 102 Å². The van der Waals surface area contributed by atoms with Crippen LogP contribution >= 0.6 is 0 Å². The highest BCUT2D eigenvalue weighted by atomic mass is 32.2. The van der Waals surface area contributed by atoms with Crippen molar-refractivity contribution in [2.75, 3.05) is 10.8 Å². The van der Waals surface area contributed by atoms with Crippen LogP contribution in [0.15, 0.2) is 71.6 Å². The van der Waals surface area contributed by atoms with Crippen molar-refractivity contribution in [3.63, 3.8) is 0 Å². The van der Waals surface area contributed by atoms with E-state index in [0.717, 1.165) is 32.1 Å². The van der Waals surface area contributed by atoms with Crippen LogP contribution in [-0.4, -0.2) is 43.3 Å². The van der Waals surface area contributed by atoms with Gasteiger partial charge in [0, 0.05) is 12.1 Å². The molecular weight excluding hydrogens is 522 g/mol. The van der Waals surface area contributed by atoms with Gasteiger partial charge in [-0.3, -0.25) is 13.9 Å². The zero-order valence-electron chi connectivity index (χ0n) is 24.8. The Labute approximate surface area is 239 Å². The van der Waals surface area contributed by atoms with Crippen molar-refractivity contribution >= 4 is 27.5 Å².